The number of nitrogens with zero attached hydrogens (tertiary/aromatic N) is 5. The standard InChI is InChI=1S/C16H14ClN7O2/c1-23-9-4-3-8(6-18)5-10(9)24(2)11(23)7-26-16(25)12-14(19)22-15(20)13(17)21-12/h3-5H,7H2,1-2H3,(H3-,19,20,22,25)/p+1. The van der Waals surface area contributed by atoms with Crippen LogP contribution in [0.2, 0.25) is 5.15 Å². The summed E-state index contributed by atoms with van der Waals surface area (Å²) in [5.41, 5.74) is 13.2. The molecule has 0 saturated carbocycles. The van der Waals surface area contributed by atoms with E-state index in [1.807, 2.05) is 29.3 Å². The highest BCUT2D eigenvalue weighted by Crippen LogP contribution is 2.19. The first-order valence-corrected chi connectivity index (χ1v) is 7.84. The molecule has 0 aliphatic carbocycles. The van der Waals surface area contributed by atoms with Crippen LogP contribution in [0.4, 0.5) is 11.6 Å². The van der Waals surface area contributed by atoms with Crippen molar-refractivity contribution in [2.75, 3.05) is 11.5 Å². The molecule has 0 aliphatic heterocycles. The fourth-order valence-corrected chi connectivity index (χ4v) is 2.76. The second-order valence-corrected chi connectivity index (χ2v) is 5.92. The number of ether oxygens (including phenoxy) is 1. The number of aryl methyl sites for hydroxylation is 2. The number of nitrogen functional groups attached to an aromatic ring is 2. The Bertz CT molecular complexity index is 1080. The topological polar surface area (TPSA) is 137 Å². The summed E-state index contributed by atoms with van der Waals surface area (Å²) in [4.78, 5) is 19.9. The van der Waals surface area contributed by atoms with E-state index in [4.69, 9.17) is 33.1 Å². The lowest BCUT2D eigenvalue weighted by molar-refractivity contribution is -0.655. The number of carbonyl (C=O) groups is 1. The van der Waals surface area contributed by atoms with Gasteiger partial charge in [-0.15, -0.1) is 0 Å². The van der Waals surface area contributed by atoms with E-state index >= 15 is 0 Å². The van der Waals surface area contributed by atoms with Crippen molar-refractivity contribution in [3.05, 3.63) is 40.4 Å². The number of hydrogen-bond acceptors (Lipinski definition) is 7. The number of fused-ring (bicyclic) bond motifs is 1. The average molecular weight is 373 g/mol. The van der Waals surface area contributed by atoms with Gasteiger partial charge in [-0.25, -0.2) is 23.9 Å². The van der Waals surface area contributed by atoms with E-state index in [-0.39, 0.29) is 29.1 Å². The third-order valence-electron chi connectivity index (χ3n) is 4.03. The van der Waals surface area contributed by atoms with E-state index in [0.29, 0.717) is 11.4 Å². The lowest BCUT2D eigenvalue weighted by atomic mass is 10.2. The fourth-order valence-electron chi connectivity index (χ4n) is 2.63. The molecule has 10 heteroatoms. The maximum absolute atomic E-state index is 12.3. The number of halogens is 1. The molecule has 0 spiro atoms. The van der Waals surface area contributed by atoms with Gasteiger partial charge in [0.25, 0.3) is 5.82 Å². The van der Waals surface area contributed by atoms with Crippen LogP contribution in [0.25, 0.3) is 11.0 Å². The number of rotatable bonds is 3. The third kappa shape index (κ3) is 2.87. The molecule has 0 amide bonds. The molecule has 9 nitrogen and oxygen atoms in total. The highest BCUT2D eigenvalue weighted by atomic mass is 35.5. The van der Waals surface area contributed by atoms with Crippen molar-refractivity contribution in [3.63, 3.8) is 0 Å². The number of hydrogen-bond donors (Lipinski definition) is 2. The summed E-state index contributed by atoms with van der Waals surface area (Å²) in [6, 6.07) is 7.43. The van der Waals surface area contributed by atoms with Gasteiger partial charge in [0.15, 0.2) is 40.1 Å². The maximum Gasteiger partial charge on any atom is 0.361 e. The first kappa shape index (κ1) is 17.4. The Morgan fingerprint density at radius 1 is 1.38 bits per heavy atom. The summed E-state index contributed by atoms with van der Waals surface area (Å²) in [6.45, 7) is -0.0362. The number of aromatic nitrogens is 4. The van der Waals surface area contributed by atoms with Crippen LogP contribution >= 0.6 is 11.6 Å². The molecule has 0 radical (unpaired) electrons. The third-order valence-corrected chi connectivity index (χ3v) is 4.31. The number of benzene rings is 1. The molecule has 0 atom stereocenters. The number of carbonyl (C=O) groups excluding carboxylic acids is 1. The minimum atomic E-state index is -0.764. The van der Waals surface area contributed by atoms with Crippen molar-refractivity contribution in [3.8, 4) is 6.07 Å². The summed E-state index contributed by atoms with van der Waals surface area (Å²) in [6.07, 6.45) is 0. The van der Waals surface area contributed by atoms with Gasteiger partial charge in [0.05, 0.1) is 25.7 Å². The van der Waals surface area contributed by atoms with Gasteiger partial charge in [0, 0.05) is 6.07 Å². The first-order chi connectivity index (χ1) is 12.3. The molecule has 1 aromatic carbocycles. The summed E-state index contributed by atoms with van der Waals surface area (Å²) < 4.78 is 9.02. The van der Waals surface area contributed by atoms with E-state index in [0.717, 1.165) is 11.0 Å². The van der Waals surface area contributed by atoms with Gasteiger partial charge in [0.2, 0.25) is 0 Å². The highest BCUT2D eigenvalue weighted by Gasteiger charge is 2.24. The van der Waals surface area contributed by atoms with E-state index in [2.05, 4.69) is 16.0 Å². The molecule has 0 saturated heterocycles. The minimum absolute atomic E-state index is 0.0362. The lowest BCUT2D eigenvalue weighted by Crippen LogP contribution is -2.33. The van der Waals surface area contributed by atoms with E-state index < -0.39 is 5.97 Å². The zero-order chi connectivity index (χ0) is 19.0. The zero-order valence-electron chi connectivity index (χ0n) is 14.0. The highest BCUT2D eigenvalue weighted by molar-refractivity contribution is 6.31. The monoisotopic (exact) mass is 372 g/mol. The molecule has 0 unspecified atom stereocenters. The van der Waals surface area contributed by atoms with Crippen LogP contribution in [0, 0.1) is 11.3 Å². The second-order valence-electron chi connectivity index (χ2n) is 5.56. The number of esters is 1. The Labute approximate surface area is 153 Å². The van der Waals surface area contributed by atoms with Crippen LogP contribution in [0.1, 0.15) is 21.9 Å². The van der Waals surface area contributed by atoms with Gasteiger partial charge in [-0.05, 0) is 12.1 Å². The molecule has 3 rings (SSSR count). The Kier molecular flexibility index (Phi) is 4.36. The van der Waals surface area contributed by atoms with Gasteiger partial charge in [-0.3, -0.25) is 0 Å². The Morgan fingerprint density at radius 2 is 2.12 bits per heavy atom. The Morgan fingerprint density at radius 3 is 2.81 bits per heavy atom. The molecule has 2 aromatic heterocycles. The number of anilines is 2. The zero-order valence-corrected chi connectivity index (χ0v) is 14.8. The van der Waals surface area contributed by atoms with Gasteiger partial charge < -0.3 is 16.2 Å². The van der Waals surface area contributed by atoms with Crippen molar-refractivity contribution >= 4 is 40.2 Å². The number of imidazole rings is 1. The minimum Gasteiger partial charge on any atom is -0.448 e. The quantitative estimate of drug-likeness (QED) is 0.513. The number of nitriles is 1. The SMILES string of the molecule is Cn1c(COC(=O)c2nc(Cl)c(N)nc2N)[n+](C)c2ccc(C#N)cc21. The fraction of sp³-hybridized carbons (Fsp3) is 0.188. The second kappa shape index (κ2) is 6.50. The van der Waals surface area contributed by atoms with Crippen molar-refractivity contribution in [1.29, 1.82) is 5.26 Å². The molecule has 132 valence electrons. The molecule has 0 fully saturated rings. The van der Waals surface area contributed by atoms with Crippen LogP contribution in [0.15, 0.2) is 18.2 Å². The van der Waals surface area contributed by atoms with E-state index in [1.165, 1.54) is 0 Å². The first-order valence-electron chi connectivity index (χ1n) is 7.46. The van der Waals surface area contributed by atoms with Crippen LogP contribution < -0.4 is 16.0 Å². The summed E-state index contributed by atoms with van der Waals surface area (Å²) in [5.74, 6) is -0.276. The maximum atomic E-state index is 12.3. The molecule has 26 heavy (non-hydrogen) atoms. The van der Waals surface area contributed by atoms with Gasteiger partial charge in [-0.2, -0.15) is 5.26 Å². The smallest absolute Gasteiger partial charge is 0.361 e. The van der Waals surface area contributed by atoms with Crippen molar-refractivity contribution in [1.82, 2.24) is 14.5 Å². The molecular weight excluding hydrogens is 358 g/mol. The van der Waals surface area contributed by atoms with E-state index in [1.54, 1.807) is 12.1 Å². The van der Waals surface area contributed by atoms with E-state index in [9.17, 15) is 4.79 Å². The molecular formula is C16H15ClN7O2+. The molecule has 4 N–H and O–H groups in total. The van der Waals surface area contributed by atoms with Crippen molar-refractivity contribution in [2.45, 2.75) is 6.61 Å². The summed E-state index contributed by atoms with van der Waals surface area (Å²) in [7, 11) is 3.66. The predicted molar refractivity (Wildman–Crippen MR) is 93.8 cm³/mol. The predicted octanol–water partition coefficient (Wildman–Crippen LogP) is 0.839. The van der Waals surface area contributed by atoms with Crippen molar-refractivity contribution < 1.29 is 14.1 Å². The largest absolute Gasteiger partial charge is 0.448 e. The van der Waals surface area contributed by atoms with Gasteiger partial charge in [-0.1, -0.05) is 11.6 Å². The molecule has 0 bridgehead atoms. The van der Waals surface area contributed by atoms with Crippen LogP contribution in [0.5, 0.6) is 0 Å². The molecule has 2 heterocycles. The Balaban J connectivity index is 1.89. The van der Waals surface area contributed by atoms with Gasteiger partial charge in [0.1, 0.15) is 0 Å². The van der Waals surface area contributed by atoms with Crippen LogP contribution in [0.3, 0.4) is 0 Å². The Hall–Kier alpha value is -3.38. The van der Waals surface area contributed by atoms with Crippen molar-refractivity contribution in [2.24, 2.45) is 14.1 Å². The van der Waals surface area contributed by atoms with Gasteiger partial charge >= 0.3 is 5.97 Å². The molecule has 0 aliphatic rings. The normalized spacial score (nSPS) is 10.7. The summed E-state index contributed by atoms with van der Waals surface area (Å²) in [5, 5.41) is 8.93. The molecule has 3 aromatic rings. The van der Waals surface area contributed by atoms with Crippen LogP contribution in [-0.2, 0) is 25.4 Å². The average Bonchev–Trinajstić information content (AvgIpc) is 2.86. The lowest BCUT2D eigenvalue weighted by Gasteiger charge is -2.06. The number of nitrogens with two attached hydrogens (primary N) is 2. The summed E-state index contributed by atoms with van der Waals surface area (Å²) >= 11 is 5.78. The van der Waals surface area contributed by atoms with Crippen LogP contribution in [-0.4, -0.2) is 20.5 Å².